The third kappa shape index (κ3) is 2.52. The van der Waals surface area contributed by atoms with E-state index in [2.05, 4.69) is 49.4 Å². The summed E-state index contributed by atoms with van der Waals surface area (Å²) in [5.74, 6) is 1.63. The predicted octanol–water partition coefficient (Wildman–Crippen LogP) is 6.92. The molecule has 130 valence electrons. The summed E-state index contributed by atoms with van der Waals surface area (Å²) < 4.78 is 6.10. The van der Waals surface area contributed by atoms with Gasteiger partial charge in [0.2, 0.25) is 0 Å². The molecule has 0 saturated heterocycles. The monoisotopic (exact) mass is 341 g/mol. The van der Waals surface area contributed by atoms with Crippen molar-refractivity contribution in [3.63, 3.8) is 0 Å². The van der Waals surface area contributed by atoms with Crippen LogP contribution < -0.4 is 0 Å². The lowest BCUT2D eigenvalue weighted by Gasteiger charge is -2.13. The molecule has 2 heterocycles. The highest BCUT2D eigenvalue weighted by Crippen LogP contribution is 2.40. The Labute approximate surface area is 153 Å². The van der Waals surface area contributed by atoms with E-state index in [1.807, 2.05) is 13.1 Å². The van der Waals surface area contributed by atoms with Crippen molar-refractivity contribution < 1.29 is 4.42 Å². The molecule has 2 aromatic heterocycles. The van der Waals surface area contributed by atoms with Crippen LogP contribution in [0.2, 0.25) is 0 Å². The molecule has 2 aromatic carbocycles. The van der Waals surface area contributed by atoms with Crippen LogP contribution in [0.5, 0.6) is 0 Å². The zero-order chi connectivity index (χ0) is 17.7. The van der Waals surface area contributed by atoms with Crippen molar-refractivity contribution in [2.75, 3.05) is 0 Å². The molecule has 1 saturated carbocycles. The fourth-order valence-corrected chi connectivity index (χ4v) is 4.49. The average molecular weight is 341 g/mol. The molecule has 1 aliphatic rings. The molecule has 2 heteroatoms. The Bertz CT molecular complexity index is 1120. The molecule has 26 heavy (non-hydrogen) atoms. The molecule has 1 fully saturated rings. The first-order chi connectivity index (χ1) is 12.7. The van der Waals surface area contributed by atoms with Gasteiger partial charge in [-0.3, -0.25) is 4.98 Å². The maximum absolute atomic E-state index is 6.10. The smallest absolute Gasteiger partial charge is 0.143 e. The predicted molar refractivity (Wildman–Crippen MR) is 108 cm³/mol. The van der Waals surface area contributed by atoms with E-state index in [1.165, 1.54) is 53.0 Å². The number of benzene rings is 2. The van der Waals surface area contributed by atoms with Crippen molar-refractivity contribution in [2.24, 2.45) is 0 Å². The third-order valence-corrected chi connectivity index (χ3v) is 5.76. The van der Waals surface area contributed by atoms with E-state index in [-0.39, 0.29) is 0 Å². The first-order valence-corrected chi connectivity index (χ1v) is 9.59. The molecule has 0 N–H and O–H groups in total. The van der Waals surface area contributed by atoms with Crippen LogP contribution in [-0.2, 0) is 0 Å². The summed E-state index contributed by atoms with van der Waals surface area (Å²) in [6.07, 6.45) is 7.19. The highest BCUT2D eigenvalue weighted by Gasteiger charge is 2.21. The standard InChI is InChI=1S/C24H23NO/c1-15-7-8-21-18(11-15)9-10-25-23(21)22-14-19(17-5-3-4-6-17)13-20-12-16(2)26-24(20)22/h7-14,17H,3-6H2,1-2H3. The number of furan rings is 1. The quantitative estimate of drug-likeness (QED) is 0.395. The number of aromatic nitrogens is 1. The van der Waals surface area contributed by atoms with Gasteiger partial charge in [-0.1, -0.05) is 36.6 Å². The van der Waals surface area contributed by atoms with Crippen molar-refractivity contribution in [3.8, 4) is 11.3 Å². The molecule has 5 rings (SSSR count). The van der Waals surface area contributed by atoms with E-state index in [9.17, 15) is 0 Å². The van der Waals surface area contributed by atoms with Gasteiger partial charge in [0.05, 0.1) is 5.69 Å². The maximum Gasteiger partial charge on any atom is 0.143 e. The second kappa shape index (κ2) is 5.98. The molecule has 0 radical (unpaired) electrons. The number of hydrogen-bond donors (Lipinski definition) is 0. The lowest BCUT2D eigenvalue weighted by atomic mass is 9.92. The van der Waals surface area contributed by atoms with Gasteiger partial charge in [0.15, 0.2) is 0 Å². The second-order valence-electron chi connectivity index (χ2n) is 7.71. The van der Waals surface area contributed by atoms with Crippen molar-refractivity contribution in [2.45, 2.75) is 45.4 Å². The van der Waals surface area contributed by atoms with E-state index >= 15 is 0 Å². The van der Waals surface area contributed by atoms with E-state index in [0.717, 1.165) is 22.6 Å². The lowest BCUT2D eigenvalue weighted by molar-refractivity contribution is 0.579. The Morgan fingerprint density at radius 2 is 1.77 bits per heavy atom. The SMILES string of the molecule is Cc1ccc2c(-c3cc(C4CCCC4)cc4cc(C)oc34)nccc2c1. The highest BCUT2D eigenvalue weighted by molar-refractivity contribution is 6.02. The zero-order valence-corrected chi connectivity index (χ0v) is 15.4. The van der Waals surface area contributed by atoms with Gasteiger partial charge in [0.1, 0.15) is 11.3 Å². The van der Waals surface area contributed by atoms with Gasteiger partial charge in [-0.25, -0.2) is 0 Å². The third-order valence-electron chi connectivity index (χ3n) is 5.76. The number of nitrogens with zero attached hydrogens (tertiary/aromatic N) is 1. The normalized spacial score (nSPS) is 15.3. The summed E-state index contributed by atoms with van der Waals surface area (Å²) in [5.41, 5.74) is 5.84. The molecule has 0 amide bonds. The van der Waals surface area contributed by atoms with Crippen molar-refractivity contribution in [1.29, 1.82) is 0 Å². The molecule has 4 aromatic rings. The zero-order valence-electron chi connectivity index (χ0n) is 15.4. The van der Waals surface area contributed by atoms with E-state index in [1.54, 1.807) is 0 Å². The molecule has 0 bridgehead atoms. The summed E-state index contributed by atoms with van der Waals surface area (Å²) in [6.45, 7) is 4.16. The maximum atomic E-state index is 6.10. The van der Waals surface area contributed by atoms with E-state index in [4.69, 9.17) is 9.40 Å². The Hall–Kier alpha value is -2.61. The Kier molecular flexibility index (Phi) is 3.59. The van der Waals surface area contributed by atoms with Crippen LogP contribution in [0.4, 0.5) is 0 Å². The number of aryl methyl sites for hydroxylation is 2. The van der Waals surface area contributed by atoms with Gasteiger partial charge in [0.25, 0.3) is 0 Å². The molecular formula is C24H23NO. The van der Waals surface area contributed by atoms with Crippen LogP contribution in [0, 0.1) is 13.8 Å². The molecule has 1 aliphatic carbocycles. The van der Waals surface area contributed by atoms with E-state index < -0.39 is 0 Å². The Balaban J connectivity index is 1.80. The van der Waals surface area contributed by atoms with Crippen LogP contribution in [0.25, 0.3) is 33.0 Å². The van der Waals surface area contributed by atoms with Gasteiger partial charge in [-0.15, -0.1) is 0 Å². The summed E-state index contributed by atoms with van der Waals surface area (Å²) in [4.78, 5) is 4.77. The largest absolute Gasteiger partial charge is 0.461 e. The first-order valence-electron chi connectivity index (χ1n) is 9.59. The Morgan fingerprint density at radius 1 is 0.923 bits per heavy atom. The first kappa shape index (κ1) is 15.6. The molecule has 0 unspecified atom stereocenters. The van der Waals surface area contributed by atoms with Gasteiger partial charge in [0, 0.05) is 22.5 Å². The van der Waals surface area contributed by atoms with Crippen molar-refractivity contribution >= 4 is 21.7 Å². The second-order valence-corrected chi connectivity index (χ2v) is 7.71. The minimum Gasteiger partial charge on any atom is -0.461 e. The summed E-state index contributed by atoms with van der Waals surface area (Å²) in [5, 5.41) is 3.63. The van der Waals surface area contributed by atoms with Crippen molar-refractivity contribution in [3.05, 3.63) is 65.5 Å². The molecule has 0 aliphatic heterocycles. The number of fused-ring (bicyclic) bond motifs is 2. The molecule has 0 spiro atoms. The van der Waals surface area contributed by atoms with Crippen LogP contribution in [0.3, 0.4) is 0 Å². The fraction of sp³-hybridized carbons (Fsp3) is 0.292. The van der Waals surface area contributed by atoms with Crippen molar-refractivity contribution in [1.82, 2.24) is 4.98 Å². The highest BCUT2D eigenvalue weighted by atomic mass is 16.3. The Morgan fingerprint density at radius 3 is 2.62 bits per heavy atom. The van der Waals surface area contributed by atoms with E-state index in [0.29, 0.717) is 5.92 Å². The lowest BCUT2D eigenvalue weighted by Crippen LogP contribution is -1.94. The number of rotatable bonds is 2. The minimum atomic E-state index is 0.672. The molecular weight excluding hydrogens is 318 g/mol. The van der Waals surface area contributed by atoms with Gasteiger partial charge in [-0.2, -0.15) is 0 Å². The summed E-state index contributed by atoms with van der Waals surface area (Å²) in [6, 6.07) is 15.5. The van der Waals surface area contributed by atoms with Gasteiger partial charge >= 0.3 is 0 Å². The molecule has 0 atom stereocenters. The van der Waals surface area contributed by atoms with Crippen LogP contribution in [0.15, 0.2) is 53.1 Å². The summed E-state index contributed by atoms with van der Waals surface area (Å²) in [7, 11) is 0. The van der Waals surface area contributed by atoms with Gasteiger partial charge < -0.3 is 4.42 Å². The fourth-order valence-electron chi connectivity index (χ4n) is 4.49. The van der Waals surface area contributed by atoms with Crippen LogP contribution in [-0.4, -0.2) is 4.98 Å². The molecule has 2 nitrogen and oxygen atoms in total. The van der Waals surface area contributed by atoms with Crippen LogP contribution in [0.1, 0.15) is 48.5 Å². The van der Waals surface area contributed by atoms with Gasteiger partial charge in [-0.05, 0) is 67.8 Å². The van der Waals surface area contributed by atoms with Crippen LogP contribution >= 0.6 is 0 Å². The summed E-state index contributed by atoms with van der Waals surface area (Å²) >= 11 is 0. The topological polar surface area (TPSA) is 26.0 Å². The number of pyridine rings is 1. The minimum absolute atomic E-state index is 0.672. The number of hydrogen-bond acceptors (Lipinski definition) is 2. The average Bonchev–Trinajstić information content (AvgIpc) is 3.28.